The SMILES string of the molecule is CC1=c2c(c(CC(C)C)cn2C)=CC=CC1. The van der Waals surface area contributed by atoms with Crippen molar-refractivity contribution in [3.8, 4) is 0 Å². The third-order valence-electron chi connectivity index (χ3n) is 3.16. The van der Waals surface area contributed by atoms with Gasteiger partial charge < -0.3 is 4.57 Å². The molecule has 0 saturated carbocycles. The van der Waals surface area contributed by atoms with E-state index in [-0.39, 0.29) is 0 Å². The Labute approximate surface area is 97.8 Å². The van der Waals surface area contributed by atoms with Gasteiger partial charge in [0.1, 0.15) is 0 Å². The van der Waals surface area contributed by atoms with Crippen molar-refractivity contribution in [3.05, 3.63) is 34.5 Å². The molecule has 1 aromatic heterocycles. The molecule has 0 amide bonds. The van der Waals surface area contributed by atoms with E-state index in [1.54, 1.807) is 0 Å². The van der Waals surface area contributed by atoms with Crippen LogP contribution in [0.3, 0.4) is 0 Å². The van der Waals surface area contributed by atoms with Crippen LogP contribution < -0.4 is 10.6 Å². The van der Waals surface area contributed by atoms with Crippen LogP contribution in [0.2, 0.25) is 0 Å². The van der Waals surface area contributed by atoms with E-state index in [2.05, 4.69) is 56.8 Å². The number of allylic oxidation sites excluding steroid dienone is 2. The van der Waals surface area contributed by atoms with Crippen LogP contribution in [-0.4, -0.2) is 4.57 Å². The van der Waals surface area contributed by atoms with Gasteiger partial charge in [-0.05, 0) is 36.8 Å². The van der Waals surface area contributed by atoms with Crippen molar-refractivity contribution in [2.75, 3.05) is 0 Å². The summed E-state index contributed by atoms with van der Waals surface area (Å²) in [6, 6.07) is 0. The van der Waals surface area contributed by atoms with E-state index < -0.39 is 0 Å². The van der Waals surface area contributed by atoms with Crippen LogP contribution in [0.5, 0.6) is 0 Å². The van der Waals surface area contributed by atoms with Crippen LogP contribution in [0.4, 0.5) is 0 Å². The van der Waals surface area contributed by atoms with Crippen molar-refractivity contribution >= 4 is 11.6 Å². The largest absolute Gasteiger partial charge is 0.350 e. The number of rotatable bonds is 2. The highest BCUT2D eigenvalue weighted by atomic mass is 14.9. The fraction of sp³-hybridized carbons (Fsp3) is 0.467. The zero-order chi connectivity index (χ0) is 11.7. The number of fused-ring (bicyclic) bond motifs is 1. The monoisotopic (exact) mass is 215 g/mol. The van der Waals surface area contributed by atoms with Gasteiger partial charge in [0, 0.05) is 23.8 Å². The standard InChI is InChI=1S/C15H21N/c1-11(2)9-13-10-16(4)15-12(3)7-5-6-8-14(13)15/h5-6,8,10-11H,7,9H2,1-4H3. The second-order valence-electron chi connectivity index (χ2n) is 5.20. The summed E-state index contributed by atoms with van der Waals surface area (Å²) in [5.74, 6) is 0.715. The van der Waals surface area contributed by atoms with Gasteiger partial charge in [-0.3, -0.25) is 0 Å². The topological polar surface area (TPSA) is 4.93 Å². The molecule has 1 nitrogen and oxygen atoms in total. The van der Waals surface area contributed by atoms with Crippen molar-refractivity contribution in [1.82, 2.24) is 4.57 Å². The van der Waals surface area contributed by atoms with E-state index in [0.717, 1.165) is 6.42 Å². The van der Waals surface area contributed by atoms with E-state index in [0.29, 0.717) is 5.92 Å². The summed E-state index contributed by atoms with van der Waals surface area (Å²) in [5.41, 5.74) is 2.95. The van der Waals surface area contributed by atoms with E-state index >= 15 is 0 Å². The molecule has 2 rings (SSSR count). The first-order valence-electron chi connectivity index (χ1n) is 6.10. The predicted octanol–water partition coefficient (Wildman–Crippen LogP) is 2.13. The highest BCUT2D eigenvalue weighted by Crippen LogP contribution is 2.06. The lowest BCUT2D eigenvalue weighted by Crippen LogP contribution is -2.30. The number of aromatic nitrogens is 1. The lowest BCUT2D eigenvalue weighted by Gasteiger charge is -2.00. The second-order valence-corrected chi connectivity index (χ2v) is 5.20. The molecule has 0 bridgehead atoms. The van der Waals surface area contributed by atoms with Gasteiger partial charge in [-0.1, -0.05) is 32.1 Å². The molecule has 0 fully saturated rings. The molecule has 0 unspecified atom stereocenters. The fourth-order valence-electron chi connectivity index (χ4n) is 2.54. The van der Waals surface area contributed by atoms with E-state index in [1.807, 2.05) is 0 Å². The van der Waals surface area contributed by atoms with Gasteiger partial charge in [0.2, 0.25) is 0 Å². The first kappa shape index (κ1) is 11.3. The highest BCUT2D eigenvalue weighted by Gasteiger charge is 2.07. The Morgan fingerprint density at radius 2 is 2.12 bits per heavy atom. The molecule has 0 N–H and O–H groups in total. The Hall–Kier alpha value is -1.24. The first-order chi connectivity index (χ1) is 7.59. The van der Waals surface area contributed by atoms with Crippen LogP contribution in [0.15, 0.2) is 18.3 Å². The Morgan fingerprint density at radius 1 is 1.38 bits per heavy atom. The summed E-state index contributed by atoms with van der Waals surface area (Å²) in [5, 5.41) is 2.85. The average Bonchev–Trinajstić information content (AvgIpc) is 2.39. The van der Waals surface area contributed by atoms with Gasteiger partial charge in [-0.25, -0.2) is 0 Å². The first-order valence-corrected chi connectivity index (χ1v) is 6.10. The van der Waals surface area contributed by atoms with Gasteiger partial charge in [0.25, 0.3) is 0 Å². The van der Waals surface area contributed by atoms with Crippen molar-refractivity contribution in [2.24, 2.45) is 13.0 Å². The summed E-state index contributed by atoms with van der Waals surface area (Å²) in [4.78, 5) is 0. The fourth-order valence-corrected chi connectivity index (χ4v) is 2.54. The van der Waals surface area contributed by atoms with Crippen LogP contribution in [0, 0.1) is 5.92 Å². The maximum atomic E-state index is 2.30. The molecule has 0 aliphatic heterocycles. The van der Waals surface area contributed by atoms with Crippen LogP contribution in [-0.2, 0) is 13.5 Å². The summed E-state index contributed by atoms with van der Waals surface area (Å²) < 4.78 is 2.28. The van der Waals surface area contributed by atoms with Crippen molar-refractivity contribution < 1.29 is 0 Å². The van der Waals surface area contributed by atoms with Crippen molar-refractivity contribution in [2.45, 2.75) is 33.6 Å². The number of hydrogen-bond acceptors (Lipinski definition) is 0. The van der Waals surface area contributed by atoms with E-state index in [9.17, 15) is 0 Å². The molecule has 1 heterocycles. The normalized spacial score (nSPS) is 14.9. The minimum absolute atomic E-state index is 0.715. The molecule has 16 heavy (non-hydrogen) atoms. The average molecular weight is 215 g/mol. The third kappa shape index (κ3) is 1.99. The van der Waals surface area contributed by atoms with Gasteiger partial charge in [-0.15, -0.1) is 0 Å². The van der Waals surface area contributed by atoms with Crippen LogP contribution in [0.25, 0.3) is 11.6 Å². The summed E-state index contributed by atoms with van der Waals surface area (Å²) >= 11 is 0. The molecule has 86 valence electrons. The summed E-state index contributed by atoms with van der Waals surface area (Å²) in [6.07, 6.45) is 11.2. The Morgan fingerprint density at radius 3 is 2.81 bits per heavy atom. The number of hydrogen-bond donors (Lipinski definition) is 0. The molecule has 1 heteroatoms. The van der Waals surface area contributed by atoms with Gasteiger partial charge in [-0.2, -0.15) is 0 Å². The quantitative estimate of drug-likeness (QED) is 0.712. The summed E-state index contributed by atoms with van der Waals surface area (Å²) in [6.45, 7) is 6.80. The minimum Gasteiger partial charge on any atom is -0.350 e. The van der Waals surface area contributed by atoms with Crippen molar-refractivity contribution in [1.29, 1.82) is 0 Å². The smallest absolute Gasteiger partial charge is 0.0472 e. The lowest BCUT2D eigenvalue weighted by atomic mass is 10.0. The van der Waals surface area contributed by atoms with E-state index in [4.69, 9.17) is 0 Å². The zero-order valence-electron chi connectivity index (χ0n) is 10.7. The highest BCUT2D eigenvalue weighted by molar-refractivity contribution is 5.52. The third-order valence-corrected chi connectivity index (χ3v) is 3.16. The van der Waals surface area contributed by atoms with Gasteiger partial charge >= 0.3 is 0 Å². The van der Waals surface area contributed by atoms with Crippen molar-refractivity contribution in [3.63, 3.8) is 0 Å². The van der Waals surface area contributed by atoms with Crippen LogP contribution in [0.1, 0.15) is 32.8 Å². The molecular formula is C15H21N. The zero-order valence-corrected chi connectivity index (χ0v) is 10.7. The maximum Gasteiger partial charge on any atom is 0.0472 e. The van der Waals surface area contributed by atoms with Gasteiger partial charge in [0.15, 0.2) is 0 Å². The molecule has 0 saturated heterocycles. The molecule has 1 aliphatic carbocycles. The molecule has 0 atom stereocenters. The number of aryl methyl sites for hydroxylation is 1. The molecule has 0 aromatic carbocycles. The molecule has 0 radical (unpaired) electrons. The molecule has 1 aliphatic rings. The van der Waals surface area contributed by atoms with E-state index in [1.165, 1.54) is 28.1 Å². The Kier molecular flexibility index (Phi) is 3.04. The Bertz CT molecular complexity index is 527. The lowest BCUT2D eigenvalue weighted by molar-refractivity contribution is 0.645. The van der Waals surface area contributed by atoms with Crippen LogP contribution >= 0.6 is 0 Å². The molecular weight excluding hydrogens is 194 g/mol. The molecule has 1 aromatic rings. The molecule has 0 spiro atoms. The second kappa shape index (κ2) is 4.32. The maximum absolute atomic E-state index is 2.30. The minimum atomic E-state index is 0.715. The predicted molar refractivity (Wildman–Crippen MR) is 70.5 cm³/mol. The van der Waals surface area contributed by atoms with Gasteiger partial charge in [0.05, 0.1) is 0 Å². The summed E-state index contributed by atoms with van der Waals surface area (Å²) in [7, 11) is 2.16. The Balaban J connectivity index is 2.69. The number of nitrogens with zero attached hydrogens (tertiary/aromatic N) is 1.